The first kappa shape index (κ1) is 34.6. The Morgan fingerprint density at radius 3 is 2.26 bits per heavy atom. The van der Waals surface area contributed by atoms with Gasteiger partial charge in [0.1, 0.15) is 17.1 Å². The molecular weight excluding hydrogens is 601 g/mol. The topological polar surface area (TPSA) is 54.2 Å². The summed E-state index contributed by atoms with van der Waals surface area (Å²) in [5.74, 6) is 0.887. The molecule has 1 unspecified atom stereocenters. The first-order valence-electron chi connectivity index (χ1n) is 15.9. The van der Waals surface area contributed by atoms with E-state index in [2.05, 4.69) is 64.9 Å². The van der Waals surface area contributed by atoms with Gasteiger partial charge in [-0.25, -0.2) is 15.0 Å². The van der Waals surface area contributed by atoms with E-state index >= 15 is 0 Å². The molecule has 0 amide bonds. The van der Waals surface area contributed by atoms with Crippen LogP contribution in [0.15, 0.2) is 102 Å². The zero-order valence-corrected chi connectivity index (χ0v) is 28.3. The zero-order chi connectivity index (χ0) is 33.6. The molecular formula is C40H40N4O2S. The van der Waals surface area contributed by atoms with E-state index in [0.29, 0.717) is 5.57 Å². The molecule has 0 aliphatic carbocycles. The predicted molar refractivity (Wildman–Crippen MR) is 194 cm³/mol. The molecule has 0 N–H and O–H groups in total. The predicted octanol–water partition coefficient (Wildman–Crippen LogP) is 10.7. The highest BCUT2D eigenvalue weighted by atomic mass is 32.1. The SMILES string of the molecule is [C-]#[N+]C1=C(/C=C/c2ccc(/C=C/C=C/c3ccc(N(CCCC)CCCC)cc3OC)s2)C(C)(c2ccccc2)O/C1=C(\C#N)[N+]#[C-]. The van der Waals surface area contributed by atoms with Crippen molar-refractivity contribution in [2.45, 2.75) is 52.1 Å². The van der Waals surface area contributed by atoms with E-state index in [1.165, 1.54) is 31.4 Å². The van der Waals surface area contributed by atoms with Gasteiger partial charge in [0.2, 0.25) is 5.70 Å². The van der Waals surface area contributed by atoms with Gasteiger partial charge in [-0.3, -0.25) is 0 Å². The average molecular weight is 641 g/mol. The fourth-order valence-electron chi connectivity index (χ4n) is 5.39. The summed E-state index contributed by atoms with van der Waals surface area (Å²) in [6.07, 6.45) is 16.7. The fraction of sp³-hybridized carbons (Fsp3) is 0.275. The molecule has 1 aromatic heterocycles. The fourth-order valence-corrected chi connectivity index (χ4v) is 6.21. The van der Waals surface area contributed by atoms with Gasteiger partial charge in [0.25, 0.3) is 5.70 Å². The molecule has 6 nitrogen and oxygen atoms in total. The summed E-state index contributed by atoms with van der Waals surface area (Å²) in [5.41, 5.74) is 2.60. The summed E-state index contributed by atoms with van der Waals surface area (Å²) >= 11 is 1.62. The lowest BCUT2D eigenvalue weighted by Crippen LogP contribution is -2.25. The second-order valence-electron chi connectivity index (χ2n) is 11.2. The van der Waals surface area contributed by atoms with Crippen LogP contribution in [0.2, 0.25) is 0 Å². The van der Waals surface area contributed by atoms with Gasteiger partial charge >= 0.3 is 0 Å². The molecule has 0 bridgehead atoms. The van der Waals surface area contributed by atoms with Crippen molar-refractivity contribution in [2.75, 3.05) is 25.1 Å². The minimum Gasteiger partial charge on any atom is -0.500 e. The Balaban J connectivity index is 1.53. The maximum atomic E-state index is 9.54. The molecule has 0 saturated carbocycles. The highest BCUT2D eigenvalue weighted by Gasteiger charge is 2.43. The van der Waals surface area contributed by atoms with Crippen molar-refractivity contribution in [2.24, 2.45) is 0 Å². The van der Waals surface area contributed by atoms with Crippen molar-refractivity contribution >= 4 is 35.3 Å². The van der Waals surface area contributed by atoms with E-state index in [1.54, 1.807) is 18.4 Å². The monoisotopic (exact) mass is 640 g/mol. The molecule has 3 aromatic rings. The normalized spacial score (nSPS) is 17.1. The van der Waals surface area contributed by atoms with Crippen LogP contribution >= 0.6 is 11.3 Å². The Kier molecular flexibility index (Phi) is 12.4. The first-order valence-corrected chi connectivity index (χ1v) is 16.7. The molecule has 0 fully saturated rings. The van der Waals surface area contributed by atoms with Crippen LogP contribution in [0, 0.1) is 24.5 Å². The van der Waals surface area contributed by atoms with Crippen molar-refractivity contribution in [3.63, 3.8) is 0 Å². The number of hydrogen-bond acceptors (Lipinski definition) is 5. The van der Waals surface area contributed by atoms with Crippen LogP contribution in [0.3, 0.4) is 0 Å². The molecule has 7 heteroatoms. The van der Waals surface area contributed by atoms with Crippen LogP contribution in [-0.4, -0.2) is 20.2 Å². The first-order chi connectivity index (χ1) is 22.9. The molecule has 4 rings (SSSR count). The Morgan fingerprint density at radius 2 is 1.64 bits per heavy atom. The van der Waals surface area contributed by atoms with E-state index in [-0.39, 0.29) is 17.2 Å². The zero-order valence-electron chi connectivity index (χ0n) is 27.5. The van der Waals surface area contributed by atoms with E-state index < -0.39 is 5.60 Å². The van der Waals surface area contributed by atoms with Crippen LogP contribution in [0.25, 0.3) is 27.9 Å². The van der Waals surface area contributed by atoms with Gasteiger partial charge in [0, 0.05) is 45.7 Å². The van der Waals surface area contributed by atoms with Gasteiger partial charge in [0.05, 0.1) is 26.3 Å². The highest BCUT2D eigenvalue weighted by molar-refractivity contribution is 7.13. The third kappa shape index (κ3) is 8.30. The molecule has 1 atom stereocenters. The lowest BCUT2D eigenvalue weighted by molar-refractivity contribution is 0.0753. The molecule has 2 heterocycles. The number of allylic oxidation sites excluding steroid dienone is 3. The molecule has 0 saturated heterocycles. The Hall–Kier alpha value is -5.29. The number of ether oxygens (including phenoxy) is 2. The Bertz CT molecular complexity index is 1800. The number of rotatable bonds is 14. The van der Waals surface area contributed by atoms with Gasteiger partial charge in [-0.1, -0.05) is 81.3 Å². The molecule has 1 aliphatic rings. The van der Waals surface area contributed by atoms with Crippen LogP contribution in [0.4, 0.5) is 5.69 Å². The Labute approximate surface area is 283 Å². The molecule has 0 spiro atoms. The molecule has 2 aromatic carbocycles. The van der Waals surface area contributed by atoms with Crippen molar-refractivity contribution < 1.29 is 9.47 Å². The van der Waals surface area contributed by atoms with Crippen LogP contribution in [-0.2, 0) is 10.3 Å². The van der Waals surface area contributed by atoms with Crippen molar-refractivity contribution in [3.05, 3.63) is 145 Å². The van der Waals surface area contributed by atoms with Gasteiger partial charge in [-0.2, -0.15) is 0 Å². The quantitative estimate of drug-likeness (QED) is 0.0999. The number of methoxy groups -OCH3 is 1. The van der Waals surface area contributed by atoms with Crippen LogP contribution in [0.5, 0.6) is 5.75 Å². The summed E-state index contributed by atoms with van der Waals surface area (Å²) in [7, 11) is 1.72. The maximum Gasteiger partial charge on any atom is 0.292 e. The number of nitriles is 1. The summed E-state index contributed by atoms with van der Waals surface area (Å²) < 4.78 is 12.0. The van der Waals surface area contributed by atoms with E-state index in [1.807, 2.05) is 73.7 Å². The molecule has 1 aliphatic heterocycles. The summed E-state index contributed by atoms with van der Waals surface area (Å²) in [6.45, 7) is 23.7. The summed E-state index contributed by atoms with van der Waals surface area (Å²) in [4.78, 5) is 11.6. The van der Waals surface area contributed by atoms with E-state index in [4.69, 9.17) is 22.6 Å². The number of unbranched alkanes of at least 4 members (excludes halogenated alkanes) is 2. The largest absolute Gasteiger partial charge is 0.500 e. The van der Waals surface area contributed by atoms with E-state index in [9.17, 15) is 5.26 Å². The molecule has 47 heavy (non-hydrogen) atoms. The molecule has 238 valence electrons. The van der Waals surface area contributed by atoms with E-state index in [0.717, 1.165) is 39.7 Å². The summed E-state index contributed by atoms with van der Waals surface area (Å²) in [5, 5.41) is 9.54. The third-order valence-electron chi connectivity index (χ3n) is 8.01. The van der Waals surface area contributed by atoms with Gasteiger partial charge in [0.15, 0.2) is 0 Å². The van der Waals surface area contributed by atoms with Gasteiger partial charge < -0.3 is 14.4 Å². The number of thiophene rings is 1. The van der Waals surface area contributed by atoms with Crippen LogP contribution in [0.1, 0.15) is 67.3 Å². The third-order valence-corrected chi connectivity index (χ3v) is 9.03. The van der Waals surface area contributed by atoms with Crippen molar-refractivity contribution in [3.8, 4) is 11.8 Å². The van der Waals surface area contributed by atoms with Gasteiger partial charge in [-0.15, -0.1) is 11.3 Å². The number of nitrogens with zero attached hydrogens (tertiary/aromatic N) is 4. The highest BCUT2D eigenvalue weighted by Crippen LogP contribution is 2.48. The average Bonchev–Trinajstić information content (AvgIpc) is 3.68. The van der Waals surface area contributed by atoms with Crippen LogP contribution < -0.4 is 9.64 Å². The minimum atomic E-state index is -1.02. The molecule has 0 radical (unpaired) electrons. The number of hydrogen-bond donors (Lipinski definition) is 0. The number of benzene rings is 2. The smallest absolute Gasteiger partial charge is 0.292 e. The maximum absolute atomic E-state index is 9.54. The summed E-state index contributed by atoms with van der Waals surface area (Å²) in [6, 6.07) is 22.0. The Morgan fingerprint density at radius 1 is 0.957 bits per heavy atom. The standard InChI is InChI=1S/C40H40N4O2S/c1-7-9-26-44(27-10-8-2)32-21-20-30(37(28-32)45-6)16-14-15-19-33-22-23-34(47-33)24-25-35-38(43-5)39(36(29-41)42-4)46-40(35,3)31-17-12-11-13-18-31/h11-25,28H,7-10,26-27H2,1-3,6H3/b16-14+,19-15+,25-24+,39-36+. The minimum absolute atomic E-state index is 0.0293. The second kappa shape index (κ2) is 16.9. The number of anilines is 1. The second-order valence-corrected chi connectivity index (χ2v) is 12.3. The van der Waals surface area contributed by atoms with Crippen molar-refractivity contribution in [1.29, 1.82) is 5.26 Å². The van der Waals surface area contributed by atoms with Crippen molar-refractivity contribution in [1.82, 2.24) is 0 Å². The van der Waals surface area contributed by atoms with Gasteiger partial charge in [-0.05, 0) is 61.7 Å². The lowest BCUT2D eigenvalue weighted by atomic mass is 9.87. The lowest BCUT2D eigenvalue weighted by Gasteiger charge is -2.28.